The van der Waals surface area contributed by atoms with Crippen LogP contribution in [0.5, 0.6) is 0 Å². The van der Waals surface area contributed by atoms with E-state index in [2.05, 4.69) is 9.97 Å². The van der Waals surface area contributed by atoms with Crippen molar-refractivity contribution in [2.24, 2.45) is 0 Å². The van der Waals surface area contributed by atoms with Crippen LogP contribution in [-0.4, -0.2) is 21.7 Å². The molecule has 1 aromatic carbocycles. The molecular formula is C14H13F3N2O2. The SMILES string of the molecule is Cc1nc(-c2ccc(C(F)(F)F)cc2)[nH]c(=O)c1CCO. The number of hydrogen-bond acceptors (Lipinski definition) is 3. The number of nitrogens with zero attached hydrogens (tertiary/aromatic N) is 1. The summed E-state index contributed by atoms with van der Waals surface area (Å²) in [4.78, 5) is 18.5. The van der Waals surface area contributed by atoms with Crippen molar-refractivity contribution in [1.29, 1.82) is 0 Å². The van der Waals surface area contributed by atoms with Gasteiger partial charge in [0, 0.05) is 29.8 Å². The lowest BCUT2D eigenvalue weighted by Gasteiger charge is -2.09. The molecule has 0 aliphatic rings. The number of benzene rings is 1. The van der Waals surface area contributed by atoms with Gasteiger partial charge in [0.15, 0.2) is 0 Å². The molecule has 0 aliphatic carbocycles. The van der Waals surface area contributed by atoms with Crippen molar-refractivity contribution in [2.45, 2.75) is 19.5 Å². The molecule has 0 radical (unpaired) electrons. The Balaban J connectivity index is 2.41. The van der Waals surface area contributed by atoms with E-state index in [1.165, 1.54) is 12.1 Å². The summed E-state index contributed by atoms with van der Waals surface area (Å²) in [6.45, 7) is 1.44. The molecule has 0 atom stereocenters. The molecule has 112 valence electrons. The van der Waals surface area contributed by atoms with Crippen molar-refractivity contribution >= 4 is 0 Å². The Labute approximate surface area is 118 Å². The maximum Gasteiger partial charge on any atom is 0.416 e. The van der Waals surface area contributed by atoms with Gasteiger partial charge in [0.2, 0.25) is 0 Å². The highest BCUT2D eigenvalue weighted by Gasteiger charge is 2.30. The zero-order valence-corrected chi connectivity index (χ0v) is 11.2. The van der Waals surface area contributed by atoms with E-state index in [4.69, 9.17) is 5.11 Å². The van der Waals surface area contributed by atoms with Gasteiger partial charge in [0.05, 0.1) is 5.56 Å². The lowest BCUT2D eigenvalue weighted by atomic mass is 10.1. The number of rotatable bonds is 3. The first kappa shape index (κ1) is 15.2. The zero-order valence-electron chi connectivity index (χ0n) is 11.2. The molecular weight excluding hydrogens is 285 g/mol. The van der Waals surface area contributed by atoms with E-state index in [1.807, 2.05) is 0 Å². The van der Waals surface area contributed by atoms with E-state index in [9.17, 15) is 18.0 Å². The van der Waals surface area contributed by atoms with E-state index < -0.39 is 17.3 Å². The number of aromatic amines is 1. The van der Waals surface area contributed by atoms with Gasteiger partial charge < -0.3 is 10.1 Å². The summed E-state index contributed by atoms with van der Waals surface area (Å²) in [5, 5.41) is 8.87. The van der Waals surface area contributed by atoms with Crippen molar-refractivity contribution in [3.8, 4) is 11.4 Å². The van der Waals surface area contributed by atoms with Crippen molar-refractivity contribution in [2.75, 3.05) is 6.61 Å². The van der Waals surface area contributed by atoms with Crippen LogP contribution in [0, 0.1) is 6.92 Å². The smallest absolute Gasteiger partial charge is 0.396 e. The molecule has 21 heavy (non-hydrogen) atoms. The van der Waals surface area contributed by atoms with Crippen LogP contribution in [0.25, 0.3) is 11.4 Å². The number of aryl methyl sites for hydroxylation is 1. The minimum atomic E-state index is -4.40. The Bertz CT molecular complexity index is 691. The Morgan fingerprint density at radius 3 is 2.33 bits per heavy atom. The third kappa shape index (κ3) is 3.30. The van der Waals surface area contributed by atoms with Crippen LogP contribution >= 0.6 is 0 Å². The van der Waals surface area contributed by atoms with Crippen LogP contribution in [0.3, 0.4) is 0 Å². The Hall–Kier alpha value is -2.15. The van der Waals surface area contributed by atoms with Crippen LogP contribution in [0.4, 0.5) is 13.2 Å². The van der Waals surface area contributed by atoms with Gasteiger partial charge in [0.1, 0.15) is 5.82 Å². The summed E-state index contributed by atoms with van der Waals surface area (Å²) in [6.07, 6.45) is -4.22. The summed E-state index contributed by atoms with van der Waals surface area (Å²) < 4.78 is 37.5. The lowest BCUT2D eigenvalue weighted by Crippen LogP contribution is -2.18. The number of nitrogens with one attached hydrogen (secondary N) is 1. The Morgan fingerprint density at radius 1 is 1.24 bits per heavy atom. The number of H-pyrrole nitrogens is 1. The first-order valence-corrected chi connectivity index (χ1v) is 6.21. The molecule has 1 heterocycles. The monoisotopic (exact) mass is 298 g/mol. The van der Waals surface area contributed by atoms with Crippen LogP contribution in [-0.2, 0) is 12.6 Å². The molecule has 0 fully saturated rings. The van der Waals surface area contributed by atoms with Crippen LogP contribution < -0.4 is 5.56 Å². The molecule has 0 spiro atoms. The fourth-order valence-corrected chi connectivity index (χ4v) is 1.97. The maximum absolute atomic E-state index is 12.5. The summed E-state index contributed by atoms with van der Waals surface area (Å²) in [5.41, 5.74) is 0.0447. The van der Waals surface area contributed by atoms with E-state index in [1.54, 1.807) is 6.92 Å². The van der Waals surface area contributed by atoms with Crippen LogP contribution in [0.15, 0.2) is 29.1 Å². The van der Waals surface area contributed by atoms with Crippen molar-refractivity contribution in [1.82, 2.24) is 9.97 Å². The van der Waals surface area contributed by atoms with Crippen LogP contribution in [0.2, 0.25) is 0 Å². The highest BCUT2D eigenvalue weighted by atomic mass is 19.4. The first-order valence-electron chi connectivity index (χ1n) is 6.21. The van der Waals surface area contributed by atoms with Gasteiger partial charge in [-0.1, -0.05) is 12.1 Å². The molecule has 0 saturated carbocycles. The first-order chi connectivity index (χ1) is 9.82. The van der Waals surface area contributed by atoms with Crippen molar-refractivity contribution in [3.63, 3.8) is 0 Å². The molecule has 0 saturated heterocycles. The number of alkyl halides is 3. The average Bonchev–Trinajstić information content (AvgIpc) is 2.42. The minimum absolute atomic E-state index is 0.175. The topological polar surface area (TPSA) is 66.0 Å². The second-order valence-electron chi connectivity index (χ2n) is 4.53. The minimum Gasteiger partial charge on any atom is -0.396 e. The average molecular weight is 298 g/mol. The number of aliphatic hydroxyl groups excluding tert-OH is 1. The Kier molecular flexibility index (Phi) is 4.13. The summed E-state index contributed by atoms with van der Waals surface area (Å²) in [5.74, 6) is 0.202. The molecule has 4 nitrogen and oxygen atoms in total. The molecule has 0 amide bonds. The maximum atomic E-state index is 12.5. The highest BCUT2D eigenvalue weighted by molar-refractivity contribution is 5.55. The lowest BCUT2D eigenvalue weighted by molar-refractivity contribution is -0.137. The fourth-order valence-electron chi connectivity index (χ4n) is 1.97. The van der Waals surface area contributed by atoms with Gasteiger partial charge in [-0.05, 0) is 19.1 Å². The number of aliphatic hydroxyl groups is 1. The third-order valence-electron chi connectivity index (χ3n) is 3.07. The third-order valence-corrected chi connectivity index (χ3v) is 3.07. The quantitative estimate of drug-likeness (QED) is 0.913. The van der Waals surface area contributed by atoms with Gasteiger partial charge >= 0.3 is 6.18 Å². The van der Waals surface area contributed by atoms with E-state index >= 15 is 0 Å². The van der Waals surface area contributed by atoms with E-state index in [-0.39, 0.29) is 18.9 Å². The molecule has 1 aromatic heterocycles. The number of hydrogen-bond donors (Lipinski definition) is 2. The van der Waals surface area contributed by atoms with Gasteiger partial charge in [0.25, 0.3) is 5.56 Å². The molecule has 7 heteroatoms. The zero-order chi connectivity index (χ0) is 15.6. The van der Waals surface area contributed by atoms with Crippen LogP contribution in [0.1, 0.15) is 16.8 Å². The molecule has 2 rings (SSSR count). The predicted molar refractivity (Wildman–Crippen MR) is 70.8 cm³/mol. The van der Waals surface area contributed by atoms with Crippen molar-refractivity contribution in [3.05, 3.63) is 51.4 Å². The molecule has 2 N–H and O–H groups in total. The normalized spacial score (nSPS) is 11.7. The Morgan fingerprint density at radius 2 is 1.86 bits per heavy atom. The molecule has 0 bridgehead atoms. The number of aromatic nitrogens is 2. The highest BCUT2D eigenvalue weighted by Crippen LogP contribution is 2.30. The predicted octanol–water partition coefficient (Wildman–Crippen LogP) is 2.30. The molecule has 0 unspecified atom stereocenters. The standard InChI is InChI=1S/C14H13F3N2O2/c1-8-11(6-7-20)13(21)19-12(18-8)9-2-4-10(5-3-9)14(15,16)17/h2-5,20H,6-7H2,1H3,(H,18,19,21). The second kappa shape index (κ2) is 5.69. The molecule has 0 aliphatic heterocycles. The van der Waals surface area contributed by atoms with E-state index in [0.717, 1.165) is 12.1 Å². The largest absolute Gasteiger partial charge is 0.416 e. The number of halogens is 3. The van der Waals surface area contributed by atoms with Gasteiger partial charge in [-0.2, -0.15) is 13.2 Å². The van der Waals surface area contributed by atoms with Gasteiger partial charge in [-0.3, -0.25) is 4.79 Å². The van der Waals surface area contributed by atoms with E-state index in [0.29, 0.717) is 16.8 Å². The van der Waals surface area contributed by atoms with Gasteiger partial charge in [-0.25, -0.2) is 4.98 Å². The summed E-state index contributed by atoms with van der Waals surface area (Å²) in [7, 11) is 0. The van der Waals surface area contributed by atoms with Crippen molar-refractivity contribution < 1.29 is 18.3 Å². The summed E-state index contributed by atoms with van der Waals surface area (Å²) >= 11 is 0. The second-order valence-corrected chi connectivity index (χ2v) is 4.53. The van der Waals surface area contributed by atoms with Gasteiger partial charge in [-0.15, -0.1) is 0 Å². The summed E-state index contributed by atoms with van der Waals surface area (Å²) in [6, 6.07) is 4.39. The fraction of sp³-hybridized carbons (Fsp3) is 0.286. The molecule has 2 aromatic rings.